The van der Waals surface area contributed by atoms with Gasteiger partial charge in [-0.2, -0.15) is 0 Å². The topological polar surface area (TPSA) is 119 Å². The highest BCUT2D eigenvalue weighted by atomic mass is 16.5. The van der Waals surface area contributed by atoms with Crippen molar-refractivity contribution in [3.05, 3.63) is 36.2 Å². The number of hydrogen-bond donors (Lipinski definition) is 2. The fourth-order valence-electron chi connectivity index (χ4n) is 1.55. The lowest BCUT2D eigenvalue weighted by Gasteiger charge is -2.07. The van der Waals surface area contributed by atoms with Crippen LogP contribution in [0.15, 0.2) is 30.6 Å². The molecule has 21 heavy (non-hydrogen) atoms. The fourth-order valence-corrected chi connectivity index (χ4v) is 1.55. The number of carboxylic acid groups (broad SMARTS) is 1. The highest BCUT2D eigenvalue weighted by Gasteiger charge is 2.05. The molecule has 2 aromatic rings. The average molecular weight is 291 g/mol. The molecule has 0 saturated carbocycles. The van der Waals surface area contributed by atoms with Gasteiger partial charge in [0.05, 0.1) is 0 Å². The first-order chi connectivity index (χ1) is 10.1. The molecule has 0 bridgehead atoms. The van der Waals surface area contributed by atoms with Gasteiger partial charge in [-0.25, -0.2) is 9.48 Å². The molecule has 0 aliphatic heterocycles. The predicted molar refractivity (Wildman–Crippen MR) is 69.2 cm³/mol. The number of carbonyl (C=O) groups is 2. The molecular formula is C12H13N5O4. The lowest BCUT2D eigenvalue weighted by Crippen LogP contribution is -2.27. The van der Waals surface area contributed by atoms with Crippen LogP contribution in [-0.4, -0.2) is 43.8 Å². The number of aromatic nitrogens is 4. The number of rotatable bonds is 7. The Bertz CT molecular complexity index is 614. The predicted octanol–water partition coefficient (Wildman–Crippen LogP) is -0.547. The van der Waals surface area contributed by atoms with Crippen molar-refractivity contribution in [2.45, 2.75) is 13.1 Å². The Kier molecular flexibility index (Phi) is 4.80. The van der Waals surface area contributed by atoms with Gasteiger partial charge in [0, 0.05) is 6.54 Å². The first-order valence-electron chi connectivity index (χ1n) is 6.04. The van der Waals surface area contributed by atoms with Crippen LogP contribution in [0.25, 0.3) is 0 Å². The van der Waals surface area contributed by atoms with Gasteiger partial charge in [0.1, 0.15) is 18.6 Å². The Balaban J connectivity index is 1.83. The summed E-state index contributed by atoms with van der Waals surface area (Å²) < 4.78 is 6.36. The summed E-state index contributed by atoms with van der Waals surface area (Å²) in [4.78, 5) is 22.1. The summed E-state index contributed by atoms with van der Waals surface area (Å²) in [5, 5.41) is 21.7. The van der Waals surface area contributed by atoms with Crippen LogP contribution in [0.3, 0.4) is 0 Å². The van der Waals surface area contributed by atoms with Gasteiger partial charge in [0.15, 0.2) is 6.61 Å². The Morgan fingerprint density at radius 1 is 1.38 bits per heavy atom. The largest absolute Gasteiger partial charge is 0.482 e. The van der Waals surface area contributed by atoms with Crippen LogP contribution in [0, 0.1) is 0 Å². The molecule has 0 aliphatic rings. The molecule has 2 N–H and O–H groups in total. The minimum absolute atomic E-state index is 0.0300. The number of tetrazole rings is 1. The number of benzene rings is 1. The zero-order chi connectivity index (χ0) is 15.1. The molecule has 1 aromatic heterocycles. The van der Waals surface area contributed by atoms with E-state index in [1.807, 2.05) is 0 Å². The zero-order valence-electron chi connectivity index (χ0n) is 11.0. The van der Waals surface area contributed by atoms with E-state index in [9.17, 15) is 9.59 Å². The van der Waals surface area contributed by atoms with E-state index in [1.165, 1.54) is 11.0 Å². The third-order valence-corrected chi connectivity index (χ3v) is 2.45. The lowest BCUT2D eigenvalue weighted by molar-refractivity contribution is -0.139. The van der Waals surface area contributed by atoms with Crippen molar-refractivity contribution < 1.29 is 19.4 Å². The van der Waals surface area contributed by atoms with E-state index < -0.39 is 12.6 Å². The summed E-state index contributed by atoms with van der Waals surface area (Å²) in [6.07, 6.45) is 1.35. The monoisotopic (exact) mass is 291 g/mol. The van der Waals surface area contributed by atoms with Crippen molar-refractivity contribution >= 4 is 11.9 Å². The number of amides is 1. The van der Waals surface area contributed by atoms with Gasteiger partial charge in [-0.05, 0) is 28.1 Å². The average Bonchev–Trinajstić information content (AvgIpc) is 2.96. The van der Waals surface area contributed by atoms with Crippen LogP contribution >= 0.6 is 0 Å². The number of aliphatic carboxylic acids is 1. The second-order valence-electron chi connectivity index (χ2n) is 4.11. The van der Waals surface area contributed by atoms with Crippen molar-refractivity contribution in [3.8, 4) is 5.75 Å². The molecule has 1 aromatic carbocycles. The fraction of sp³-hybridized carbons (Fsp3) is 0.250. The van der Waals surface area contributed by atoms with Gasteiger partial charge >= 0.3 is 5.97 Å². The Morgan fingerprint density at radius 3 is 2.95 bits per heavy atom. The molecule has 9 nitrogen and oxygen atoms in total. The molecule has 0 aliphatic carbocycles. The van der Waals surface area contributed by atoms with Crippen molar-refractivity contribution in [2.75, 3.05) is 6.61 Å². The van der Waals surface area contributed by atoms with E-state index in [0.29, 0.717) is 12.3 Å². The van der Waals surface area contributed by atoms with Crippen LogP contribution in [0.2, 0.25) is 0 Å². The van der Waals surface area contributed by atoms with Gasteiger partial charge < -0.3 is 15.2 Å². The SMILES string of the molecule is O=C(O)COc1cccc(CNC(=O)Cn2cnnn2)c1. The van der Waals surface area contributed by atoms with Gasteiger partial charge in [0.2, 0.25) is 5.91 Å². The summed E-state index contributed by atoms with van der Waals surface area (Å²) in [5.41, 5.74) is 0.794. The van der Waals surface area contributed by atoms with Crippen molar-refractivity contribution in [1.29, 1.82) is 0 Å². The quantitative estimate of drug-likeness (QED) is 0.702. The first-order valence-corrected chi connectivity index (χ1v) is 6.04. The highest BCUT2D eigenvalue weighted by Crippen LogP contribution is 2.13. The Morgan fingerprint density at radius 2 is 2.24 bits per heavy atom. The standard InChI is InChI=1S/C12H13N5O4/c18-11(6-17-8-14-15-16-17)13-5-9-2-1-3-10(4-9)21-7-12(19)20/h1-4,8H,5-7H2,(H,13,18)(H,19,20). The van der Waals surface area contributed by atoms with E-state index in [1.54, 1.807) is 24.3 Å². The second-order valence-corrected chi connectivity index (χ2v) is 4.11. The molecule has 2 rings (SSSR count). The number of carbonyl (C=O) groups excluding carboxylic acids is 1. The molecule has 110 valence electrons. The van der Waals surface area contributed by atoms with Gasteiger partial charge in [-0.1, -0.05) is 12.1 Å². The second kappa shape index (κ2) is 6.98. The minimum atomic E-state index is -1.05. The third kappa shape index (κ3) is 4.90. The molecule has 0 saturated heterocycles. The van der Waals surface area contributed by atoms with Crippen molar-refractivity contribution in [1.82, 2.24) is 25.5 Å². The Hall–Kier alpha value is -2.97. The molecular weight excluding hydrogens is 278 g/mol. The van der Waals surface area contributed by atoms with Crippen LogP contribution in [0.4, 0.5) is 0 Å². The zero-order valence-corrected chi connectivity index (χ0v) is 11.0. The molecule has 0 spiro atoms. The minimum Gasteiger partial charge on any atom is -0.482 e. The summed E-state index contributed by atoms with van der Waals surface area (Å²) in [5.74, 6) is -0.848. The van der Waals surface area contributed by atoms with E-state index >= 15 is 0 Å². The van der Waals surface area contributed by atoms with E-state index in [0.717, 1.165) is 5.56 Å². The van der Waals surface area contributed by atoms with E-state index in [-0.39, 0.29) is 12.5 Å². The highest BCUT2D eigenvalue weighted by molar-refractivity contribution is 5.75. The van der Waals surface area contributed by atoms with Crippen LogP contribution in [-0.2, 0) is 22.7 Å². The maximum Gasteiger partial charge on any atom is 0.341 e. The molecule has 0 radical (unpaired) electrons. The smallest absolute Gasteiger partial charge is 0.341 e. The molecule has 9 heteroatoms. The van der Waals surface area contributed by atoms with Gasteiger partial charge in [-0.3, -0.25) is 4.79 Å². The first kappa shape index (κ1) is 14.4. The van der Waals surface area contributed by atoms with E-state index in [2.05, 4.69) is 20.8 Å². The summed E-state index contributed by atoms with van der Waals surface area (Å²) in [7, 11) is 0. The number of carboxylic acids is 1. The number of nitrogens with zero attached hydrogens (tertiary/aromatic N) is 4. The van der Waals surface area contributed by atoms with Gasteiger partial charge in [-0.15, -0.1) is 5.10 Å². The normalized spacial score (nSPS) is 10.1. The molecule has 0 atom stereocenters. The molecule has 1 amide bonds. The summed E-state index contributed by atoms with van der Waals surface area (Å²) in [6, 6.07) is 6.83. The van der Waals surface area contributed by atoms with Gasteiger partial charge in [0.25, 0.3) is 0 Å². The van der Waals surface area contributed by atoms with Crippen LogP contribution < -0.4 is 10.1 Å². The molecule has 0 unspecified atom stereocenters. The van der Waals surface area contributed by atoms with Crippen LogP contribution in [0.5, 0.6) is 5.75 Å². The molecule has 0 fully saturated rings. The lowest BCUT2D eigenvalue weighted by atomic mass is 10.2. The van der Waals surface area contributed by atoms with Crippen molar-refractivity contribution in [2.24, 2.45) is 0 Å². The maximum atomic E-state index is 11.6. The maximum absolute atomic E-state index is 11.6. The number of hydrogen-bond acceptors (Lipinski definition) is 6. The third-order valence-electron chi connectivity index (χ3n) is 2.45. The molecule has 1 heterocycles. The van der Waals surface area contributed by atoms with E-state index in [4.69, 9.17) is 9.84 Å². The summed E-state index contributed by atoms with van der Waals surface area (Å²) >= 11 is 0. The van der Waals surface area contributed by atoms with Crippen molar-refractivity contribution in [3.63, 3.8) is 0 Å². The van der Waals surface area contributed by atoms with Crippen LogP contribution in [0.1, 0.15) is 5.56 Å². The number of ether oxygens (including phenoxy) is 1. The Labute approximate surface area is 119 Å². The summed E-state index contributed by atoms with van der Waals surface area (Å²) in [6.45, 7) is -0.0808. The number of nitrogens with one attached hydrogen (secondary N) is 1.